The molecular weight excluding hydrogens is 184 g/mol. The first-order valence-electron chi connectivity index (χ1n) is 5.39. The Balaban J connectivity index is 2.48. The maximum Gasteiger partial charge on any atom is 0.0681 e. The first-order valence-corrected chi connectivity index (χ1v) is 5.39. The molecule has 2 rings (SSSR count). The second-order valence-electron chi connectivity index (χ2n) is 3.75. The third kappa shape index (κ3) is 1.94. The zero-order chi connectivity index (χ0) is 10.7. The Bertz CT molecular complexity index is 443. The minimum Gasteiger partial charge on any atom is -0.268 e. The second-order valence-corrected chi connectivity index (χ2v) is 3.75. The Labute approximate surface area is 90.6 Å². The van der Waals surface area contributed by atoms with Gasteiger partial charge in [0.25, 0.3) is 0 Å². The van der Waals surface area contributed by atoms with Crippen molar-refractivity contribution in [2.75, 3.05) is 0 Å². The summed E-state index contributed by atoms with van der Waals surface area (Å²) < 4.78 is 1.93. The molecule has 0 amide bonds. The highest BCUT2D eigenvalue weighted by molar-refractivity contribution is 5.63. The van der Waals surface area contributed by atoms with Gasteiger partial charge in [-0.1, -0.05) is 37.6 Å². The molecule has 78 valence electrons. The minimum absolute atomic E-state index is 1.13. The van der Waals surface area contributed by atoms with E-state index in [2.05, 4.69) is 42.4 Å². The standard InChI is InChI=1S/C13H16N2/c1-3-6-11-7-4-5-8-12(11)13-9-10-14-15(13)2/h4-5,7-10H,3,6H2,1-2H3. The van der Waals surface area contributed by atoms with Crippen LogP contribution in [0, 0.1) is 0 Å². The van der Waals surface area contributed by atoms with Gasteiger partial charge in [-0.25, -0.2) is 0 Å². The van der Waals surface area contributed by atoms with E-state index in [9.17, 15) is 0 Å². The Hall–Kier alpha value is -1.57. The van der Waals surface area contributed by atoms with Crippen LogP contribution >= 0.6 is 0 Å². The quantitative estimate of drug-likeness (QED) is 0.744. The molecule has 2 aromatic rings. The van der Waals surface area contributed by atoms with Crippen LogP contribution in [0.3, 0.4) is 0 Å². The Morgan fingerprint density at radius 3 is 2.67 bits per heavy atom. The molecule has 2 heteroatoms. The molecule has 0 aliphatic heterocycles. The van der Waals surface area contributed by atoms with E-state index in [0.717, 1.165) is 6.42 Å². The van der Waals surface area contributed by atoms with Gasteiger partial charge >= 0.3 is 0 Å². The molecule has 0 atom stereocenters. The summed E-state index contributed by atoms with van der Waals surface area (Å²) in [4.78, 5) is 0. The Kier molecular flexibility index (Phi) is 2.86. The predicted molar refractivity (Wildman–Crippen MR) is 62.6 cm³/mol. The van der Waals surface area contributed by atoms with Crippen LogP contribution in [0.2, 0.25) is 0 Å². The van der Waals surface area contributed by atoms with Gasteiger partial charge in [-0.05, 0) is 18.1 Å². The van der Waals surface area contributed by atoms with E-state index in [1.165, 1.54) is 23.2 Å². The number of rotatable bonds is 3. The molecule has 2 nitrogen and oxygen atoms in total. The minimum atomic E-state index is 1.13. The van der Waals surface area contributed by atoms with Gasteiger partial charge in [-0.15, -0.1) is 0 Å². The molecule has 15 heavy (non-hydrogen) atoms. The zero-order valence-electron chi connectivity index (χ0n) is 9.27. The molecule has 0 fully saturated rings. The van der Waals surface area contributed by atoms with Crippen molar-refractivity contribution < 1.29 is 0 Å². The molecule has 0 saturated carbocycles. The molecular formula is C13H16N2. The molecule has 0 aliphatic carbocycles. The summed E-state index contributed by atoms with van der Waals surface area (Å²) >= 11 is 0. The third-order valence-corrected chi connectivity index (χ3v) is 2.63. The lowest BCUT2D eigenvalue weighted by atomic mass is 10.0. The van der Waals surface area contributed by atoms with Crippen molar-refractivity contribution in [3.8, 4) is 11.3 Å². The van der Waals surface area contributed by atoms with Gasteiger partial charge in [-0.2, -0.15) is 5.10 Å². The molecule has 0 N–H and O–H groups in total. The highest BCUT2D eigenvalue weighted by atomic mass is 15.3. The van der Waals surface area contributed by atoms with Gasteiger partial charge in [0.1, 0.15) is 0 Å². The largest absolute Gasteiger partial charge is 0.268 e. The van der Waals surface area contributed by atoms with Gasteiger partial charge in [0.15, 0.2) is 0 Å². The predicted octanol–water partition coefficient (Wildman–Crippen LogP) is 3.04. The van der Waals surface area contributed by atoms with Crippen molar-refractivity contribution in [1.29, 1.82) is 0 Å². The normalized spacial score (nSPS) is 10.5. The lowest BCUT2D eigenvalue weighted by Gasteiger charge is -2.08. The summed E-state index contributed by atoms with van der Waals surface area (Å²) in [5, 5.41) is 4.21. The number of aromatic nitrogens is 2. The molecule has 1 aromatic heterocycles. The lowest BCUT2D eigenvalue weighted by Crippen LogP contribution is -1.96. The number of hydrogen-bond acceptors (Lipinski definition) is 1. The topological polar surface area (TPSA) is 17.8 Å². The SMILES string of the molecule is CCCc1ccccc1-c1ccnn1C. The summed E-state index contributed by atoms with van der Waals surface area (Å²) in [7, 11) is 1.98. The summed E-state index contributed by atoms with van der Waals surface area (Å²) in [6, 6.07) is 10.6. The summed E-state index contributed by atoms with van der Waals surface area (Å²) in [5.74, 6) is 0. The van der Waals surface area contributed by atoms with Crippen molar-refractivity contribution in [1.82, 2.24) is 9.78 Å². The number of benzene rings is 1. The zero-order valence-corrected chi connectivity index (χ0v) is 9.27. The molecule has 0 radical (unpaired) electrons. The molecule has 1 heterocycles. The van der Waals surface area contributed by atoms with Crippen LogP contribution in [0.1, 0.15) is 18.9 Å². The van der Waals surface area contributed by atoms with Crippen molar-refractivity contribution in [2.45, 2.75) is 19.8 Å². The number of aryl methyl sites for hydroxylation is 2. The molecule has 0 bridgehead atoms. The highest BCUT2D eigenvalue weighted by Crippen LogP contribution is 2.23. The van der Waals surface area contributed by atoms with Crippen molar-refractivity contribution in [3.63, 3.8) is 0 Å². The van der Waals surface area contributed by atoms with Crippen LogP contribution < -0.4 is 0 Å². The van der Waals surface area contributed by atoms with Gasteiger partial charge < -0.3 is 0 Å². The number of nitrogens with zero attached hydrogens (tertiary/aromatic N) is 2. The second kappa shape index (κ2) is 4.30. The average Bonchev–Trinajstić information content (AvgIpc) is 2.66. The van der Waals surface area contributed by atoms with Crippen LogP contribution in [-0.2, 0) is 13.5 Å². The highest BCUT2D eigenvalue weighted by Gasteiger charge is 2.06. The van der Waals surface area contributed by atoms with E-state index in [1.54, 1.807) is 0 Å². The van der Waals surface area contributed by atoms with Crippen molar-refractivity contribution in [3.05, 3.63) is 42.1 Å². The van der Waals surface area contributed by atoms with Crippen LogP contribution in [0.25, 0.3) is 11.3 Å². The van der Waals surface area contributed by atoms with Crippen LogP contribution in [0.15, 0.2) is 36.5 Å². The van der Waals surface area contributed by atoms with Crippen molar-refractivity contribution in [2.24, 2.45) is 7.05 Å². The molecule has 1 aromatic carbocycles. The lowest BCUT2D eigenvalue weighted by molar-refractivity contribution is 0.774. The first-order chi connectivity index (χ1) is 7.33. The van der Waals surface area contributed by atoms with Crippen molar-refractivity contribution >= 4 is 0 Å². The number of hydrogen-bond donors (Lipinski definition) is 0. The average molecular weight is 200 g/mol. The summed E-state index contributed by atoms with van der Waals surface area (Å²) in [5.41, 5.74) is 3.90. The fourth-order valence-electron chi connectivity index (χ4n) is 1.90. The van der Waals surface area contributed by atoms with E-state index in [1.807, 2.05) is 17.9 Å². The fraction of sp³-hybridized carbons (Fsp3) is 0.308. The fourth-order valence-corrected chi connectivity index (χ4v) is 1.90. The van der Waals surface area contributed by atoms with Crippen LogP contribution in [-0.4, -0.2) is 9.78 Å². The molecule has 0 aliphatic rings. The molecule has 0 spiro atoms. The van der Waals surface area contributed by atoms with Crippen LogP contribution in [0.5, 0.6) is 0 Å². The van der Waals surface area contributed by atoms with E-state index in [0.29, 0.717) is 0 Å². The smallest absolute Gasteiger partial charge is 0.0681 e. The van der Waals surface area contributed by atoms with E-state index >= 15 is 0 Å². The van der Waals surface area contributed by atoms with Crippen LogP contribution in [0.4, 0.5) is 0 Å². The molecule has 0 unspecified atom stereocenters. The molecule has 0 saturated heterocycles. The van der Waals surface area contributed by atoms with E-state index in [4.69, 9.17) is 0 Å². The Morgan fingerprint density at radius 1 is 1.20 bits per heavy atom. The van der Waals surface area contributed by atoms with Gasteiger partial charge in [0.2, 0.25) is 0 Å². The van der Waals surface area contributed by atoms with E-state index < -0.39 is 0 Å². The maximum atomic E-state index is 4.21. The Morgan fingerprint density at radius 2 is 2.00 bits per heavy atom. The monoisotopic (exact) mass is 200 g/mol. The summed E-state index contributed by atoms with van der Waals surface area (Å²) in [6.07, 6.45) is 4.15. The third-order valence-electron chi connectivity index (χ3n) is 2.63. The van der Waals surface area contributed by atoms with Gasteiger partial charge in [0.05, 0.1) is 5.69 Å². The summed E-state index contributed by atoms with van der Waals surface area (Å²) in [6.45, 7) is 2.21. The van der Waals surface area contributed by atoms with Gasteiger partial charge in [-0.3, -0.25) is 4.68 Å². The first kappa shape index (κ1) is 9.97. The van der Waals surface area contributed by atoms with E-state index in [-0.39, 0.29) is 0 Å². The van der Waals surface area contributed by atoms with Gasteiger partial charge in [0, 0.05) is 18.8 Å². The maximum absolute atomic E-state index is 4.21.